The van der Waals surface area contributed by atoms with Crippen molar-refractivity contribution in [2.45, 2.75) is 23.1 Å². The van der Waals surface area contributed by atoms with E-state index in [2.05, 4.69) is 17.1 Å². The maximum Gasteiger partial charge on any atom is 0.307 e. The summed E-state index contributed by atoms with van der Waals surface area (Å²) in [6.07, 6.45) is 1.81. The van der Waals surface area contributed by atoms with E-state index in [1.807, 2.05) is 18.2 Å². The molecule has 0 radical (unpaired) electrons. The van der Waals surface area contributed by atoms with Crippen molar-refractivity contribution in [3.8, 4) is 0 Å². The summed E-state index contributed by atoms with van der Waals surface area (Å²) >= 11 is 1.66. The van der Waals surface area contributed by atoms with Gasteiger partial charge >= 0.3 is 5.97 Å². The molecule has 3 rings (SSSR count). The molecule has 2 aromatic rings. The smallest absolute Gasteiger partial charge is 0.307 e. The maximum atomic E-state index is 10.9. The Kier molecular flexibility index (Phi) is 2.59. The molecule has 0 amide bonds. The van der Waals surface area contributed by atoms with E-state index in [4.69, 9.17) is 5.11 Å². The summed E-state index contributed by atoms with van der Waals surface area (Å²) in [5.41, 5.74) is 1.11. The molecule has 1 saturated carbocycles. The maximum absolute atomic E-state index is 10.9. The van der Waals surface area contributed by atoms with Gasteiger partial charge in [-0.1, -0.05) is 18.2 Å². The second kappa shape index (κ2) is 4.11. The highest BCUT2D eigenvalue weighted by atomic mass is 32.2. The summed E-state index contributed by atoms with van der Waals surface area (Å²) in [6, 6.07) is 10.2. The molecule has 1 aliphatic rings. The van der Waals surface area contributed by atoms with Crippen LogP contribution in [0, 0.1) is 5.92 Å². The summed E-state index contributed by atoms with van der Waals surface area (Å²) < 4.78 is 0. The Hall–Kier alpha value is -1.42. The zero-order valence-electron chi connectivity index (χ0n) is 9.22. The molecular formula is C13H13NO2S. The molecule has 1 fully saturated rings. The lowest BCUT2D eigenvalue weighted by molar-refractivity contribution is -0.144. The van der Waals surface area contributed by atoms with Crippen molar-refractivity contribution >= 4 is 28.6 Å². The van der Waals surface area contributed by atoms with E-state index in [1.165, 1.54) is 5.39 Å². The Morgan fingerprint density at radius 3 is 2.82 bits per heavy atom. The molecule has 2 N–H and O–H groups in total. The number of fused-ring (bicyclic) bond motifs is 1. The molecule has 0 spiro atoms. The van der Waals surface area contributed by atoms with E-state index >= 15 is 0 Å². The van der Waals surface area contributed by atoms with Crippen LogP contribution in [0.2, 0.25) is 0 Å². The second-order valence-corrected chi connectivity index (χ2v) is 5.68. The monoisotopic (exact) mass is 247 g/mol. The fourth-order valence-corrected chi connectivity index (χ4v) is 3.53. The Bertz CT molecular complexity index is 530. The second-order valence-electron chi connectivity index (χ2n) is 4.40. The lowest BCUT2D eigenvalue weighted by Gasteiger charge is -2.32. The summed E-state index contributed by atoms with van der Waals surface area (Å²) in [5.74, 6) is -0.837. The number of rotatable bonds is 3. The van der Waals surface area contributed by atoms with Crippen molar-refractivity contribution in [1.82, 2.24) is 4.98 Å². The molecule has 0 aliphatic heterocycles. The fraction of sp³-hybridized carbons (Fsp3) is 0.308. The number of aliphatic carboxylic acids is 1. The van der Waals surface area contributed by atoms with Gasteiger partial charge in [-0.2, -0.15) is 0 Å². The van der Waals surface area contributed by atoms with Crippen LogP contribution in [0.4, 0.5) is 0 Å². The van der Waals surface area contributed by atoms with Gasteiger partial charge in [-0.25, -0.2) is 0 Å². The first-order valence-electron chi connectivity index (χ1n) is 5.71. The predicted molar refractivity (Wildman–Crippen MR) is 68.3 cm³/mol. The minimum Gasteiger partial charge on any atom is -0.481 e. The van der Waals surface area contributed by atoms with Gasteiger partial charge in [0.15, 0.2) is 0 Å². The third-order valence-electron chi connectivity index (χ3n) is 3.31. The number of hydrogen-bond donors (Lipinski definition) is 2. The Balaban J connectivity index is 1.79. The normalized spacial score (nSPS) is 23.5. The van der Waals surface area contributed by atoms with E-state index in [1.54, 1.807) is 11.8 Å². The number of carboxylic acid groups (broad SMARTS) is 1. The Labute approximate surface area is 103 Å². The van der Waals surface area contributed by atoms with Crippen LogP contribution in [0.3, 0.4) is 0 Å². The highest BCUT2D eigenvalue weighted by Crippen LogP contribution is 2.41. The van der Waals surface area contributed by atoms with E-state index < -0.39 is 5.97 Å². The van der Waals surface area contributed by atoms with Gasteiger partial charge in [0, 0.05) is 16.2 Å². The molecule has 0 bridgehead atoms. The number of para-hydroxylation sites is 1. The predicted octanol–water partition coefficient (Wildman–Crippen LogP) is 3.12. The highest BCUT2D eigenvalue weighted by molar-refractivity contribution is 8.00. The number of aromatic amines is 1. The zero-order valence-corrected chi connectivity index (χ0v) is 10.0. The minimum atomic E-state index is -0.662. The first-order chi connectivity index (χ1) is 8.24. The van der Waals surface area contributed by atoms with Crippen LogP contribution in [0.15, 0.2) is 35.4 Å². The van der Waals surface area contributed by atoms with Gasteiger partial charge in [-0.3, -0.25) is 4.79 Å². The van der Waals surface area contributed by atoms with Gasteiger partial charge in [0.1, 0.15) is 0 Å². The van der Waals surface area contributed by atoms with E-state index in [0.29, 0.717) is 0 Å². The topological polar surface area (TPSA) is 53.1 Å². The van der Waals surface area contributed by atoms with Gasteiger partial charge in [-0.05, 0) is 25.0 Å². The van der Waals surface area contributed by atoms with Crippen molar-refractivity contribution in [2.24, 2.45) is 5.92 Å². The summed E-state index contributed by atoms with van der Waals surface area (Å²) in [7, 11) is 0. The molecule has 3 nitrogen and oxygen atoms in total. The first-order valence-corrected chi connectivity index (χ1v) is 6.59. The number of thioether (sulfide) groups is 1. The average Bonchev–Trinajstić information content (AvgIpc) is 2.65. The third-order valence-corrected chi connectivity index (χ3v) is 4.65. The molecule has 2 unspecified atom stereocenters. The summed E-state index contributed by atoms with van der Waals surface area (Å²) in [6.45, 7) is 0. The largest absolute Gasteiger partial charge is 0.481 e. The van der Waals surface area contributed by atoms with E-state index in [-0.39, 0.29) is 11.2 Å². The van der Waals surface area contributed by atoms with Crippen LogP contribution >= 0.6 is 11.8 Å². The van der Waals surface area contributed by atoms with Crippen molar-refractivity contribution in [3.05, 3.63) is 30.3 Å². The van der Waals surface area contributed by atoms with Crippen molar-refractivity contribution in [2.75, 3.05) is 0 Å². The highest BCUT2D eigenvalue weighted by Gasteiger charge is 2.37. The van der Waals surface area contributed by atoms with Crippen molar-refractivity contribution in [1.29, 1.82) is 0 Å². The van der Waals surface area contributed by atoms with Crippen LogP contribution in [0.1, 0.15) is 12.8 Å². The van der Waals surface area contributed by atoms with Crippen molar-refractivity contribution in [3.63, 3.8) is 0 Å². The van der Waals surface area contributed by atoms with E-state index in [9.17, 15) is 4.79 Å². The minimum absolute atomic E-state index is 0.175. The number of aromatic nitrogens is 1. The first kappa shape index (κ1) is 10.7. The fourth-order valence-electron chi connectivity index (χ4n) is 2.17. The van der Waals surface area contributed by atoms with Gasteiger partial charge < -0.3 is 10.1 Å². The van der Waals surface area contributed by atoms with Gasteiger partial charge in [0.05, 0.1) is 10.9 Å². The molecule has 17 heavy (non-hydrogen) atoms. The molecule has 2 atom stereocenters. The number of benzene rings is 1. The van der Waals surface area contributed by atoms with Gasteiger partial charge in [0.2, 0.25) is 0 Å². The quantitative estimate of drug-likeness (QED) is 0.876. The summed E-state index contributed by atoms with van der Waals surface area (Å²) in [5, 5.41) is 11.5. The molecule has 1 aliphatic carbocycles. The summed E-state index contributed by atoms with van der Waals surface area (Å²) in [4.78, 5) is 14.3. The van der Waals surface area contributed by atoms with Crippen LogP contribution in [-0.4, -0.2) is 21.3 Å². The molecule has 0 saturated heterocycles. The van der Waals surface area contributed by atoms with Gasteiger partial charge in [0.25, 0.3) is 0 Å². The van der Waals surface area contributed by atoms with Crippen molar-refractivity contribution < 1.29 is 9.90 Å². The van der Waals surface area contributed by atoms with Gasteiger partial charge in [-0.15, -0.1) is 11.8 Å². The molecular weight excluding hydrogens is 234 g/mol. The van der Waals surface area contributed by atoms with Crippen LogP contribution in [0.5, 0.6) is 0 Å². The van der Waals surface area contributed by atoms with E-state index in [0.717, 1.165) is 23.4 Å². The lowest BCUT2D eigenvalue weighted by atomic mass is 9.85. The Morgan fingerprint density at radius 1 is 1.35 bits per heavy atom. The van der Waals surface area contributed by atoms with Crippen LogP contribution in [-0.2, 0) is 4.79 Å². The third kappa shape index (κ3) is 1.93. The van der Waals surface area contributed by atoms with Crippen LogP contribution in [0.25, 0.3) is 10.9 Å². The molecule has 88 valence electrons. The molecule has 4 heteroatoms. The number of hydrogen-bond acceptors (Lipinski definition) is 2. The zero-order chi connectivity index (χ0) is 11.8. The average molecular weight is 247 g/mol. The van der Waals surface area contributed by atoms with Crippen LogP contribution < -0.4 is 0 Å². The molecule has 1 aromatic heterocycles. The Morgan fingerprint density at radius 2 is 2.18 bits per heavy atom. The lowest BCUT2D eigenvalue weighted by Crippen LogP contribution is -2.35. The number of carboxylic acids is 1. The number of H-pyrrole nitrogens is 1. The number of nitrogens with one attached hydrogen (secondary N) is 1. The number of carbonyl (C=O) groups is 1. The standard InChI is InChI=1S/C13H13NO2S/c15-13(16)9-5-6-11(9)17-12-7-8-3-1-2-4-10(8)14-12/h1-4,7,9,11,14H,5-6H2,(H,15,16). The SMILES string of the molecule is O=C(O)C1CCC1Sc1cc2ccccc2[nH]1. The molecule has 1 heterocycles. The molecule has 1 aromatic carbocycles.